The van der Waals surface area contributed by atoms with Crippen LogP contribution in [0.25, 0.3) is 0 Å². The van der Waals surface area contributed by atoms with Crippen molar-refractivity contribution in [2.24, 2.45) is 0 Å². The molecule has 0 saturated carbocycles. The lowest BCUT2D eigenvalue weighted by Gasteiger charge is -2.05. The van der Waals surface area contributed by atoms with Crippen molar-refractivity contribution >= 4 is 11.9 Å². The minimum absolute atomic E-state index is 0.0868. The van der Waals surface area contributed by atoms with Crippen molar-refractivity contribution in [1.29, 1.82) is 0 Å². The molecule has 5 nitrogen and oxygen atoms in total. The van der Waals surface area contributed by atoms with Crippen molar-refractivity contribution < 1.29 is 14.7 Å². The first-order chi connectivity index (χ1) is 7.52. The van der Waals surface area contributed by atoms with Gasteiger partial charge in [0.25, 0.3) is 5.91 Å². The van der Waals surface area contributed by atoms with Crippen molar-refractivity contribution in [3.63, 3.8) is 0 Å². The zero-order chi connectivity index (χ0) is 12.1. The highest BCUT2D eigenvalue weighted by molar-refractivity contribution is 6.03. The van der Waals surface area contributed by atoms with Crippen LogP contribution in [-0.2, 0) is 0 Å². The van der Waals surface area contributed by atoms with E-state index in [-0.39, 0.29) is 11.3 Å². The molecule has 0 radical (unpaired) electrons. The SMILES string of the molecule is C=C(C)CNC(=O)c1ncccc1C(=O)O. The van der Waals surface area contributed by atoms with Crippen LogP contribution < -0.4 is 5.32 Å². The number of carbonyl (C=O) groups excluding carboxylic acids is 1. The Balaban J connectivity index is 2.90. The maximum atomic E-state index is 11.6. The minimum atomic E-state index is -1.17. The maximum Gasteiger partial charge on any atom is 0.338 e. The molecule has 0 saturated heterocycles. The highest BCUT2D eigenvalue weighted by Crippen LogP contribution is 2.05. The summed E-state index contributed by atoms with van der Waals surface area (Å²) < 4.78 is 0. The van der Waals surface area contributed by atoms with E-state index in [1.165, 1.54) is 18.3 Å². The molecule has 0 aliphatic carbocycles. The van der Waals surface area contributed by atoms with E-state index in [1.54, 1.807) is 6.92 Å². The Labute approximate surface area is 92.8 Å². The second-order valence-electron chi connectivity index (χ2n) is 3.34. The fourth-order valence-electron chi connectivity index (χ4n) is 1.07. The van der Waals surface area contributed by atoms with Gasteiger partial charge in [-0.2, -0.15) is 0 Å². The summed E-state index contributed by atoms with van der Waals surface area (Å²) in [5, 5.41) is 11.4. The van der Waals surface area contributed by atoms with Gasteiger partial charge >= 0.3 is 5.97 Å². The number of carbonyl (C=O) groups is 2. The third kappa shape index (κ3) is 2.91. The van der Waals surface area contributed by atoms with Gasteiger partial charge in [-0.1, -0.05) is 12.2 Å². The van der Waals surface area contributed by atoms with E-state index in [4.69, 9.17) is 5.11 Å². The first kappa shape index (κ1) is 11.9. The number of hydrogen-bond acceptors (Lipinski definition) is 3. The van der Waals surface area contributed by atoms with Gasteiger partial charge in [0.05, 0.1) is 5.56 Å². The van der Waals surface area contributed by atoms with Gasteiger partial charge in [0.2, 0.25) is 0 Å². The molecule has 1 aromatic rings. The number of carboxylic acid groups (broad SMARTS) is 1. The Morgan fingerprint density at radius 2 is 2.25 bits per heavy atom. The van der Waals surface area contributed by atoms with Crippen LogP contribution in [0.1, 0.15) is 27.8 Å². The van der Waals surface area contributed by atoms with Crippen molar-refractivity contribution in [2.45, 2.75) is 6.92 Å². The number of pyridine rings is 1. The summed E-state index contributed by atoms with van der Waals surface area (Å²) in [7, 11) is 0. The predicted molar refractivity (Wildman–Crippen MR) is 58.3 cm³/mol. The molecule has 0 atom stereocenters. The molecule has 0 spiro atoms. The van der Waals surface area contributed by atoms with Crippen LogP contribution >= 0.6 is 0 Å². The van der Waals surface area contributed by atoms with Crippen molar-refractivity contribution in [1.82, 2.24) is 10.3 Å². The third-order valence-electron chi connectivity index (χ3n) is 1.80. The number of aromatic carboxylic acids is 1. The van der Waals surface area contributed by atoms with Crippen LogP contribution in [-0.4, -0.2) is 28.5 Å². The minimum Gasteiger partial charge on any atom is -0.478 e. The van der Waals surface area contributed by atoms with Crippen LogP contribution in [0.2, 0.25) is 0 Å². The molecule has 5 heteroatoms. The maximum absolute atomic E-state index is 11.6. The van der Waals surface area contributed by atoms with Crippen molar-refractivity contribution in [2.75, 3.05) is 6.54 Å². The fraction of sp³-hybridized carbons (Fsp3) is 0.182. The third-order valence-corrected chi connectivity index (χ3v) is 1.80. The molecule has 0 fully saturated rings. The lowest BCUT2D eigenvalue weighted by Crippen LogP contribution is -2.27. The Morgan fingerprint density at radius 1 is 1.56 bits per heavy atom. The summed E-state index contributed by atoms with van der Waals surface area (Å²) in [4.78, 5) is 26.2. The Morgan fingerprint density at radius 3 is 2.81 bits per heavy atom. The van der Waals surface area contributed by atoms with E-state index < -0.39 is 11.9 Å². The second-order valence-corrected chi connectivity index (χ2v) is 3.34. The molecule has 1 rings (SSSR count). The summed E-state index contributed by atoms with van der Waals surface area (Å²) in [6.07, 6.45) is 1.38. The summed E-state index contributed by atoms with van der Waals surface area (Å²) >= 11 is 0. The van der Waals surface area contributed by atoms with Crippen LogP contribution in [0.15, 0.2) is 30.5 Å². The summed E-state index contributed by atoms with van der Waals surface area (Å²) in [5.41, 5.74) is 0.583. The fourth-order valence-corrected chi connectivity index (χ4v) is 1.07. The van der Waals surface area contributed by atoms with Gasteiger partial charge in [-0.05, 0) is 19.1 Å². The van der Waals surface area contributed by atoms with Gasteiger partial charge in [-0.3, -0.25) is 9.78 Å². The Kier molecular flexibility index (Phi) is 3.77. The van der Waals surface area contributed by atoms with Gasteiger partial charge in [-0.15, -0.1) is 0 Å². The van der Waals surface area contributed by atoms with E-state index in [0.29, 0.717) is 6.54 Å². The predicted octanol–water partition coefficient (Wildman–Crippen LogP) is 1.09. The molecule has 2 N–H and O–H groups in total. The molecular formula is C11H12N2O3. The lowest BCUT2D eigenvalue weighted by atomic mass is 10.2. The molecule has 0 unspecified atom stereocenters. The Hall–Kier alpha value is -2.17. The highest BCUT2D eigenvalue weighted by atomic mass is 16.4. The molecule has 84 valence electrons. The zero-order valence-electron chi connectivity index (χ0n) is 8.86. The molecule has 0 aliphatic rings. The van der Waals surface area contributed by atoms with E-state index >= 15 is 0 Å². The largest absolute Gasteiger partial charge is 0.478 e. The zero-order valence-corrected chi connectivity index (χ0v) is 8.86. The molecule has 16 heavy (non-hydrogen) atoms. The van der Waals surface area contributed by atoms with Crippen molar-refractivity contribution in [3.8, 4) is 0 Å². The normalized spacial score (nSPS) is 9.56. The molecule has 0 bridgehead atoms. The van der Waals surface area contributed by atoms with Crippen LogP contribution in [0.5, 0.6) is 0 Å². The standard InChI is InChI=1S/C11H12N2O3/c1-7(2)6-13-10(14)9-8(11(15)16)4-3-5-12-9/h3-5H,1,6H2,2H3,(H,13,14)(H,15,16). The van der Waals surface area contributed by atoms with Gasteiger partial charge in [-0.25, -0.2) is 4.79 Å². The first-order valence-electron chi connectivity index (χ1n) is 4.63. The smallest absolute Gasteiger partial charge is 0.338 e. The highest BCUT2D eigenvalue weighted by Gasteiger charge is 2.16. The quantitative estimate of drug-likeness (QED) is 0.744. The molecule has 0 aromatic carbocycles. The van der Waals surface area contributed by atoms with Gasteiger partial charge in [0.1, 0.15) is 5.69 Å². The molecular weight excluding hydrogens is 208 g/mol. The lowest BCUT2D eigenvalue weighted by molar-refractivity contribution is 0.0690. The average molecular weight is 220 g/mol. The Bertz CT molecular complexity index is 441. The number of nitrogens with zero attached hydrogens (tertiary/aromatic N) is 1. The monoisotopic (exact) mass is 220 g/mol. The topological polar surface area (TPSA) is 79.3 Å². The number of hydrogen-bond donors (Lipinski definition) is 2. The molecule has 1 aromatic heterocycles. The van der Waals surface area contributed by atoms with Gasteiger partial charge in [0, 0.05) is 12.7 Å². The van der Waals surface area contributed by atoms with E-state index in [0.717, 1.165) is 5.57 Å². The van der Waals surface area contributed by atoms with Crippen molar-refractivity contribution in [3.05, 3.63) is 41.7 Å². The van der Waals surface area contributed by atoms with E-state index in [9.17, 15) is 9.59 Å². The second kappa shape index (κ2) is 5.06. The molecule has 1 heterocycles. The summed E-state index contributed by atoms with van der Waals surface area (Å²) in [6, 6.07) is 2.81. The first-order valence-corrected chi connectivity index (χ1v) is 4.63. The van der Waals surface area contributed by atoms with E-state index in [2.05, 4.69) is 16.9 Å². The number of aromatic nitrogens is 1. The number of nitrogens with one attached hydrogen (secondary N) is 1. The van der Waals surface area contributed by atoms with Crippen LogP contribution in [0, 0.1) is 0 Å². The average Bonchev–Trinajstić information content (AvgIpc) is 2.25. The summed E-state index contributed by atoms with van der Waals surface area (Å²) in [5.74, 6) is -1.69. The van der Waals surface area contributed by atoms with E-state index in [1.807, 2.05) is 0 Å². The number of rotatable bonds is 4. The number of amides is 1. The summed E-state index contributed by atoms with van der Waals surface area (Å²) in [6.45, 7) is 5.69. The number of carboxylic acids is 1. The van der Waals surface area contributed by atoms with Gasteiger partial charge < -0.3 is 10.4 Å². The van der Waals surface area contributed by atoms with Crippen LogP contribution in [0.4, 0.5) is 0 Å². The van der Waals surface area contributed by atoms with Crippen LogP contribution in [0.3, 0.4) is 0 Å². The van der Waals surface area contributed by atoms with Gasteiger partial charge in [0.15, 0.2) is 0 Å². The molecule has 1 amide bonds. The molecule has 0 aliphatic heterocycles.